The number of hydrogen-bond acceptors (Lipinski definition) is 1. The molecule has 0 fully saturated rings. The molecule has 0 saturated heterocycles. The van der Waals surface area contributed by atoms with Crippen LogP contribution in [0, 0.1) is 5.82 Å². The highest BCUT2D eigenvalue weighted by Gasteiger charge is 2.12. The van der Waals surface area contributed by atoms with Crippen LogP contribution in [0.5, 0.6) is 0 Å². The van der Waals surface area contributed by atoms with Crippen LogP contribution >= 0.6 is 27.5 Å². The molecular weight excluding hydrogens is 341 g/mol. The van der Waals surface area contributed by atoms with Crippen LogP contribution in [0.15, 0.2) is 46.9 Å². The number of halogens is 3. The van der Waals surface area contributed by atoms with Gasteiger partial charge in [-0.2, -0.15) is 0 Å². The second-order valence-corrected chi connectivity index (χ2v) is 6.16. The van der Waals surface area contributed by atoms with Crippen LogP contribution in [0.1, 0.15) is 37.1 Å². The first-order valence-corrected chi connectivity index (χ1v) is 7.61. The van der Waals surface area contributed by atoms with Crippen LogP contribution in [-0.2, 0) is 0 Å². The van der Waals surface area contributed by atoms with Crippen molar-refractivity contribution in [3.05, 3.63) is 68.9 Å². The normalized spacial score (nSPS) is 14.1. The third-order valence-electron chi connectivity index (χ3n) is 3.29. The van der Waals surface area contributed by atoms with Crippen molar-refractivity contribution in [2.45, 2.75) is 25.9 Å². The molecule has 2 aromatic rings. The van der Waals surface area contributed by atoms with Gasteiger partial charge in [-0.15, -0.1) is 0 Å². The first kappa shape index (κ1) is 15.5. The molecule has 0 heterocycles. The Morgan fingerprint density at radius 1 is 1.05 bits per heavy atom. The monoisotopic (exact) mass is 355 g/mol. The Balaban J connectivity index is 2.10. The molecule has 1 nitrogen and oxygen atoms in total. The van der Waals surface area contributed by atoms with E-state index in [1.165, 1.54) is 11.6 Å². The summed E-state index contributed by atoms with van der Waals surface area (Å²) in [6.07, 6.45) is 0. The molecular formula is C16H16BrClFN. The SMILES string of the molecule is CC(N[C@@H](C)c1cccc(Br)c1)c1ccc(F)c(Cl)c1. The molecule has 0 spiro atoms. The highest BCUT2D eigenvalue weighted by molar-refractivity contribution is 9.10. The molecule has 0 aliphatic heterocycles. The van der Waals surface area contributed by atoms with E-state index in [0.717, 1.165) is 10.0 Å². The standard InChI is InChI=1S/C16H16BrClFN/c1-10(12-4-3-5-14(17)8-12)20-11(2)13-6-7-16(19)15(18)9-13/h3-11,20H,1-2H3/t10-,11?/m0/s1. The Morgan fingerprint density at radius 3 is 2.30 bits per heavy atom. The van der Waals surface area contributed by atoms with Crippen LogP contribution in [-0.4, -0.2) is 0 Å². The predicted molar refractivity (Wildman–Crippen MR) is 85.5 cm³/mol. The summed E-state index contributed by atoms with van der Waals surface area (Å²) < 4.78 is 14.2. The van der Waals surface area contributed by atoms with E-state index in [4.69, 9.17) is 11.6 Å². The first-order chi connectivity index (χ1) is 9.47. The Labute approximate surface area is 132 Å². The van der Waals surface area contributed by atoms with Gasteiger partial charge in [0.2, 0.25) is 0 Å². The highest BCUT2D eigenvalue weighted by atomic mass is 79.9. The van der Waals surface area contributed by atoms with Crippen molar-refractivity contribution < 1.29 is 4.39 Å². The summed E-state index contributed by atoms with van der Waals surface area (Å²) in [6.45, 7) is 4.14. The summed E-state index contributed by atoms with van der Waals surface area (Å²) in [4.78, 5) is 0. The van der Waals surface area contributed by atoms with Crippen LogP contribution in [0.3, 0.4) is 0 Å². The van der Waals surface area contributed by atoms with Gasteiger partial charge in [0.15, 0.2) is 0 Å². The molecule has 0 saturated carbocycles. The molecule has 106 valence electrons. The fraction of sp³-hybridized carbons (Fsp3) is 0.250. The zero-order valence-electron chi connectivity index (χ0n) is 11.3. The smallest absolute Gasteiger partial charge is 0.141 e. The average Bonchev–Trinajstić information content (AvgIpc) is 2.41. The summed E-state index contributed by atoms with van der Waals surface area (Å²) in [7, 11) is 0. The van der Waals surface area contributed by atoms with Gasteiger partial charge in [0.1, 0.15) is 5.82 Å². The molecule has 2 aromatic carbocycles. The van der Waals surface area contributed by atoms with Crippen LogP contribution < -0.4 is 5.32 Å². The third kappa shape index (κ3) is 3.81. The fourth-order valence-electron chi connectivity index (χ4n) is 2.13. The summed E-state index contributed by atoms with van der Waals surface area (Å²) in [5.41, 5.74) is 2.16. The van der Waals surface area contributed by atoms with Gasteiger partial charge in [-0.05, 0) is 49.2 Å². The Kier molecular flexibility index (Phi) is 5.19. The third-order valence-corrected chi connectivity index (χ3v) is 4.08. The molecule has 0 aliphatic rings. The Morgan fingerprint density at radius 2 is 1.70 bits per heavy atom. The number of benzene rings is 2. The minimum Gasteiger partial charge on any atom is -0.304 e. The molecule has 4 heteroatoms. The van der Waals surface area contributed by atoms with E-state index < -0.39 is 0 Å². The Hall–Kier alpha value is -0.900. The zero-order valence-corrected chi connectivity index (χ0v) is 13.7. The van der Waals surface area contributed by atoms with Crippen molar-refractivity contribution in [1.29, 1.82) is 0 Å². The van der Waals surface area contributed by atoms with Gasteiger partial charge in [-0.3, -0.25) is 0 Å². The van der Waals surface area contributed by atoms with Crippen molar-refractivity contribution >= 4 is 27.5 Å². The molecule has 2 atom stereocenters. The highest BCUT2D eigenvalue weighted by Crippen LogP contribution is 2.24. The number of nitrogens with one attached hydrogen (secondary N) is 1. The van der Waals surface area contributed by atoms with Crippen molar-refractivity contribution in [3.8, 4) is 0 Å². The van der Waals surface area contributed by atoms with Crippen LogP contribution in [0.25, 0.3) is 0 Å². The molecule has 2 rings (SSSR count). The first-order valence-electron chi connectivity index (χ1n) is 6.44. The van der Waals surface area contributed by atoms with Gasteiger partial charge >= 0.3 is 0 Å². The maximum absolute atomic E-state index is 13.2. The predicted octanol–water partition coefficient (Wildman–Crippen LogP) is 5.65. The van der Waals surface area contributed by atoms with Crippen LogP contribution in [0.2, 0.25) is 5.02 Å². The molecule has 20 heavy (non-hydrogen) atoms. The van der Waals surface area contributed by atoms with Crippen molar-refractivity contribution in [2.75, 3.05) is 0 Å². The van der Waals surface area contributed by atoms with Gasteiger partial charge in [0, 0.05) is 16.6 Å². The lowest BCUT2D eigenvalue weighted by molar-refractivity contribution is 0.494. The molecule has 0 radical (unpaired) electrons. The summed E-state index contributed by atoms with van der Waals surface area (Å²) in [5.74, 6) is -0.386. The van der Waals surface area contributed by atoms with E-state index in [1.807, 2.05) is 19.1 Å². The minimum atomic E-state index is -0.386. The second-order valence-electron chi connectivity index (χ2n) is 4.84. The van der Waals surface area contributed by atoms with E-state index in [-0.39, 0.29) is 22.9 Å². The minimum absolute atomic E-state index is 0.0853. The zero-order chi connectivity index (χ0) is 14.7. The lowest BCUT2D eigenvalue weighted by atomic mass is 10.0. The maximum atomic E-state index is 13.2. The van der Waals surface area contributed by atoms with E-state index in [0.29, 0.717) is 0 Å². The average molecular weight is 357 g/mol. The maximum Gasteiger partial charge on any atom is 0.141 e. The summed E-state index contributed by atoms with van der Waals surface area (Å²) in [6, 6.07) is 13.3. The van der Waals surface area contributed by atoms with Gasteiger partial charge < -0.3 is 5.32 Å². The van der Waals surface area contributed by atoms with Gasteiger partial charge in [-0.25, -0.2) is 4.39 Å². The van der Waals surface area contributed by atoms with Gasteiger partial charge in [-0.1, -0.05) is 45.7 Å². The lowest BCUT2D eigenvalue weighted by Gasteiger charge is -2.21. The van der Waals surface area contributed by atoms with Gasteiger partial charge in [0.25, 0.3) is 0 Å². The molecule has 0 amide bonds. The van der Waals surface area contributed by atoms with Gasteiger partial charge in [0.05, 0.1) is 5.02 Å². The van der Waals surface area contributed by atoms with E-state index >= 15 is 0 Å². The van der Waals surface area contributed by atoms with Crippen LogP contribution in [0.4, 0.5) is 4.39 Å². The number of rotatable bonds is 4. The molecule has 0 bridgehead atoms. The van der Waals surface area contributed by atoms with E-state index in [1.54, 1.807) is 12.1 Å². The van der Waals surface area contributed by atoms with Crippen molar-refractivity contribution in [1.82, 2.24) is 5.32 Å². The molecule has 1 unspecified atom stereocenters. The topological polar surface area (TPSA) is 12.0 Å². The van der Waals surface area contributed by atoms with E-state index in [9.17, 15) is 4.39 Å². The largest absolute Gasteiger partial charge is 0.304 e. The second kappa shape index (κ2) is 6.70. The van der Waals surface area contributed by atoms with Crippen molar-refractivity contribution in [2.24, 2.45) is 0 Å². The fourth-order valence-corrected chi connectivity index (χ4v) is 2.73. The summed E-state index contributed by atoms with van der Waals surface area (Å²) >= 11 is 9.30. The molecule has 0 aromatic heterocycles. The van der Waals surface area contributed by atoms with Crippen molar-refractivity contribution in [3.63, 3.8) is 0 Å². The quantitative estimate of drug-likeness (QED) is 0.746. The van der Waals surface area contributed by atoms with E-state index in [2.05, 4.69) is 40.3 Å². The molecule has 1 N–H and O–H groups in total. The Bertz CT molecular complexity index is 603. The lowest BCUT2D eigenvalue weighted by Crippen LogP contribution is -2.22. The molecule has 0 aliphatic carbocycles. The summed E-state index contributed by atoms with van der Waals surface area (Å²) in [5, 5.41) is 3.64. The number of hydrogen-bond donors (Lipinski definition) is 1.